The SMILES string of the molecule is Nc1cc(O)ccc1NC(=O)c1ccccc1F. The summed E-state index contributed by atoms with van der Waals surface area (Å²) in [6.07, 6.45) is 0. The number of amides is 1. The van der Waals surface area contributed by atoms with Crippen molar-refractivity contribution < 1.29 is 14.3 Å². The highest BCUT2D eigenvalue weighted by Gasteiger charge is 2.12. The van der Waals surface area contributed by atoms with Gasteiger partial charge in [-0.1, -0.05) is 12.1 Å². The molecular formula is C13H11FN2O2. The van der Waals surface area contributed by atoms with Crippen molar-refractivity contribution >= 4 is 17.3 Å². The predicted molar refractivity (Wildman–Crippen MR) is 66.9 cm³/mol. The highest BCUT2D eigenvalue weighted by molar-refractivity contribution is 6.05. The number of rotatable bonds is 2. The van der Waals surface area contributed by atoms with Gasteiger partial charge in [0.2, 0.25) is 0 Å². The Morgan fingerprint density at radius 3 is 2.61 bits per heavy atom. The molecule has 0 saturated heterocycles. The summed E-state index contributed by atoms with van der Waals surface area (Å²) in [7, 11) is 0. The van der Waals surface area contributed by atoms with Crippen molar-refractivity contribution in [3.63, 3.8) is 0 Å². The second kappa shape index (κ2) is 4.75. The zero-order valence-electron chi connectivity index (χ0n) is 9.35. The number of phenolic OH excluding ortho intramolecular Hbond substituents is 1. The minimum absolute atomic E-state index is 0.00334. The molecule has 92 valence electrons. The van der Waals surface area contributed by atoms with E-state index in [-0.39, 0.29) is 17.0 Å². The van der Waals surface area contributed by atoms with Crippen LogP contribution in [0.4, 0.5) is 15.8 Å². The molecule has 5 heteroatoms. The van der Waals surface area contributed by atoms with E-state index in [2.05, 4.69) is 5.32 Å². The molecule has 0 atom stereocenters. The van der Waals surface area contributed by atoms with Gasteiger partial charge >= 0.3 is 0 Å². The van der Waals surface area contributed by atoms with E-state index in [0.717, 1.165) is 0 Å². The van der Waals surface area contributed by atoms with Crippen molar-refractivity contribution in [2.24, 2.45) is 0 Å². The fourth-order valence-corrected chi connectivity index (χ4v) is 1.50. The van der Waals surface area contributed by atoms with E-state index in [1.165, 1.54) is 36.4 Å². The first-order valence-electron chi connectivity index (χ1n) is 5.22. The van der Waals surface area contributed by atoms with Gasteiger partial charge in [-0.3, -0.25) is 4.79 Å². The highest BCUT2D eigenvalue weighted by atomic mass is 19.1. The van der Waals surface area contributed by atoms with Crippen LogP contribution in [-0.4, -0.2) is 11.0 Å². The molecule has 0 saturated carbocycles. The van der Waals surface area contributed by atoms with E-state index in [0.29, 0.717) is 5.69 Å². The fraction of sp³-hybridized carbons (Fsp3) is 0. The van der Waals surface area contributed by atoms with Crippen LogP contribution >= 0.6 is 0 Å². The van der Waals surface area contributed by atoms with E-state index >= 15 is 0 Å². The molecule has 2 aromatic rings. The number of nitrogens with one attached hydrogen (secondary N) is 1. The number of benzene rings is 2. The van der Waals surface area contributed by atoms with Gasteiger partial charge in [0, 0.05) is 6.07 Å². The van der Waals surface area contributed by atoms with Gasteiger partial charge in [0.05, 0.1) is 16.9 Å². The Bertz CT molecular complexity index is 599. The Kier molecular flexibility index (Phi) is 3.14. The minimum Gasteiger partial charge on any atom is -0.508 e. The molecule has 0 spiro atoms. The predicted octanol–water partition coefficient (Wildman–Crippen LogP) is 2.37. The number of aromatic hydroxyl groups is 1. The van der Waals surface area contributed by atoms with Gasteiger partial charge in [0.1, 0.15) is 11.6 Å². The van der Waals surface area contributed by atoms with Crippen LogP contribution in [0.2, 0.25) is 0 Å². The number of phenols is 1. The van der Waals surface area contributed by atoms with E-state index in [1.54, 1.807) is 6.07 Å². The molecule has 0 heterocycles. The third-order valence-electron chi connectivity index (χ3n) is 2.40. The Labute approximate surface area is 103 Å². The van der Waals surface area contributed by atoms with Crippen LogP contribution in [0, 0.1) is 5.82 Å². The molecule has 4 nitrogen and oxygen atoms in total. The van der Waals surface area contributed by atoms with E-state index in [4.69, 9.17) is 5.73 Å². The number of anilines is 2. The standard InChI is InChI=1S/C13H11FN2O2/c14-10-4-2-1-3-9(10)13(18)16-12-6-5-8(17)7-11(12)15/h1-7,17H,15H2,(H,16,18). The fourth-order valence-electron chi connectivity index (χ4n) is 1.50. The van der Waals surface area contributed by atoms with Crippen LogP contribution < -0.4 is 11.1 Å². The summed E-state index contributed by atoms with van der Waals surface area (Å²) >= 11 is 0. The molecule has 2 rings (SSSR count). The van der Waals surface area contributed by atoms with Crippen molar-refractivity contribution in [1.29, 1.82) is 0 Å². The van der Waals surface area contributed by atoms with Crippen LogP contribution in [0.1, 0.15) is 10.4 Å². The zero-order valence-corrected chi connectivity index (χ0v) is 9.35. The topological polar surface area (TPSA) is 75.3 Å². The summed E-state index contributed by atoms with van der Waals surface area (Å²) in [6.45, 7) is 0. The van der Waals surface area contributed by atoms with Gasteiger partial charge in [-0.2, -0.15) is 0 Å². The normalized spacial score (nSPS) is 10.1. The Morgan fingerprint density at radius 1 is 1.22 bits per heavy atom. The number of hydrogen-bond acceptors (Lipinski definition) is 3. The average molecular weight is 246 g/mol. The van der Waals surface area contributed by atoms with Crippen molar-refractivity contribution in [3.8, 4) is 5.75 Å². The van der Waals surface area contributed by atoms with Gasteiger partial charge in [0.25, 0.3) is 5.91 Å². The van der Waals surface area contributed by atoms with Crippen molar-refractivity contribution in [2.75, 3.05) is 11.1 Å². The lowest BCUT2D eigenvalue weighted by molar-refractivity contribution is 0.102. The first-order valence-corrected chi connectivity index (χ1v) is 5.22. The summed E-state index contributed by atoms with van der Waals surface area (Å²) in [6, 6.07) is 9.78. The van der Waals surface area contributed by atoms with Crippen LogP contribution in [0.15, 0.2) is 42.5 Å². The quantitative estimate of drug-likeness (QED) is 0.562. The highest BCUT2D eigenvalue weighted by Crippen LogP contribution is 2.24. The summed E-state index contributed by atoms with van der Waals surface area (Å²) < 4.78 is 13.4. The summed E-state index contributed by atoms with van der Waals surface area (Å²) in [5.74, 6) is -1.20. The van der Waals surface area contributed by atoms with Gasteiger partial charge in [-0.15, -0.1) is 0 Å². The summed E-state index contributed by atoms with van der Waals surface area (Å²) in [5.41, 5.74) is 6.08. The van der Waals surface area contributed by atoms with E-state index in [9.17, 15) is 14.3 Å². The molecule has 0 aliphatic heterocycles. The van der Waals surface area contributed by atoms with Gasteiger partial charge in [-0.05, 0) is 24.3 Å². The Hall–Kier alpha value is -2.56. The molecular weight excluding hydrogens is 235 g/mol. The third-order valence-corrected chi connectivity index (χ3v) is 2.40. The second-order valence-electron chi connectivity index (χ2n) is 3.71. The maximum Gasteiger partial charge on any atom is 0.258 e. The van der Waals surface area contributed by atoms with Crippen LogP contribution in [0.3, 0.4) is 0 Å². The largest absolute Gasteiger partial charge is 0.508 e. The maximum absolute atomic E-state index is 13.4. The molecule has 4 N–H and O–H groups in total. The van der Waals surface area contributed by atoms with Crippen LogP contribution in [-0.2, 0) is 0 Å². The minimum atomic E-state index is -0.604. The molecule has 0 radical (unpaired) electrons. The molecule has 0 aliphatic carbocycles. The molecule has 0 aliphatic rings. The molecule has 2 aromatic carbocycles. The Morgan fingerprint density at radius 2 is 1.94 bits per heavy atom. The lowest BCUT2D eigenvalue weighted by Gasteiger charge is -2.08. The van der Waals surface area contributed by atoms with Gasteiger partial charge in [0.15, 0.2) is 0 Å². The molecule has 0 bridgehead atoms. The molecule has 0 aromatic heterocycles. The number of nitrogen functional groups attached to an aromatic ring is 1. The van der Waals surface area contributed by atoms with Crippen LogP contribution in [0.25, 0.3) is 0 Å². The number of nitrogens with two attached hydrogens (primary N) is 1. The monoisotopic (exact) mass is 246 g/mol. The lowest BCUT2D eigenvalue weighted by atomic mass is 10.2. The Balaban J connectivity index is 2.24. The first kappa shape index (κ1) is 11.9. The van der Waals surface area contributed by atoms with Crippen molar-refractivity contribution in [2.45, 2.75) is 0 Å². The first-order chi connectivity index (χ1) is 8.58. The van der Waals surface area contributed by atoms with Crippen molar-refractivity contribution in [3.05, 3.63) is 53.8 Å². The average Bonchev–Trinajstić information content (AvgIpc) is 2.33. The van der Waals surface area contributed by atoms with Crippen molar-refractivity contribution in [1.82, 2.24) is 0 Å². The van der Waals surface area contributed by atoms with E-state index in [1.807, 2.05) is 0 Å². The number of carbonyl (C=O) groups excluding carboxylic acids is 1. The maximum atomic E-state index is 13.4. The summed E-state index contributed by atoms with van der Waals surface area (Å²) in [5, 5.41) is 11.7. The number of halogens is 1. The second-order valence-corrected chi connectivity index (χ2v) is 3.71. The van der Waals surface area contributed by atoms with E-state index < -0.39 is 11.7 Å². The van der Waals surface area contributed by atoms with Crippen LogP contribution in [0.5, 0.6) is 5.75 Å². The van der Waals surface area contributed by atoms with Gasteiger partial charge < -0.3 is 16.2 Å². The third kappa shape index (κ3) is 2.40. The molecule has 1 amide bonds. The zero-order chi connectivity index (χ0) is 13.1. The smallest absolute Gasteiger partial charge is 0.258 e. The molecule has 0 fully saturated rings. The summed E-state index contributed by atoms with van der Waals surface area (Å²) in [4.78, 5) is 11.8. The molecule has 18 heavy (non-hydrogen) atoms. The molecule has 0 unspecified atom stereocenters. The van der Waals surface area contributed by atoms with Gasteiger partial charge in [-0.25, -0.2) is 4.39 Å². The number of hydrogen-bond donors (Lipinski definition) is 3. The lowest BCUT2D eigenvalue weighted by Crippen LogP contribution is -2.14. The number of carbonyl (C=O) groups is 1.